The highest BCUT2D eigenvalue weighted by Gasteiger charge is 2.50. The fourth-order valence-corrected chi connectivity index (χ4v) is 1.90. The van der Waals surface area contributed by atoms with Gasteiger partial charge in [0, 0.05) is 0 Å². The van der Waals surface area contributed by atoms with Crippen molar-refractivity contribution in [3.63, 3.8) is 0 Å². The van der Waals surface area contributed by atoms with E-state index in [9.17, 15) is 23.7 Å². The molecule has 0 radical (unpaired) electrons. The van der Waals surface area contributed by atoms with E-state index in [0.29, 0.717) is 0 Å². The van der Waals surface area contributed by atoms with Crippen LogP contribution >= 0.6 is 12.4 Å². The molecule has 0 spiro atoms. The normalized spacial score (nSPS) is 13.9. The number of nitrogens with zero attached hydrogens (tertiary/aromatic N) is 1. The molecule has 0 fully saturated rings. The van der Waals surface area contributed by atoms with Crippen molar-refractivity contribution in [2.24, 2.45) is 5.73 Å². The molecule has 1 heterocycles. The van der Waals surface area contributed by atoms with E-state index < -0.39 is 34.1 Å². The summed E-state index contributed by atoms with van der Waals surface area (Å²) in [6.45, 7) is 0.881. The molecule has 0 aliphatic carbocycles. The second kappa shape index (κ2) is 6.92. The Bertz CT molecular complexity index is 628. The predicted octanol–water partition coefficient (Wildman–Crippen LogP) is 1.94. The van der Waals surface area contributed by atoms with Gasteiger partial charge in [0.15, 0.2) is 11.5 Å². The Labute approximate surface area is 135 Å². The SMILES string of the molecule is CCOC(=O)C(F)(F)[C@@H](N)c1cc2c(cc1[N+](=O)[O-])OCO2.Cl. The van der Waals surface area contributed by atoms with Gasteiger partial charge < -0.3 is 19.9 Å². The Kier molecular flexibility index (Phi) is 5.67. The molecule has 0 amide bonds. The number of hydrogen-bond donors (Lipinski definition) is 1. The second-order valence-corrected chi connectivity index (χ2v) is 4.34. The van der Waals surface area contributed by atoms with E-state index in [1.54, 1.807) is 0 Å². The summed E-state index contributed by atoms with van der Waals surface area (Å²) in [6, 6.07) is -0.363. The van der Waals surface area contributed by atoms with Gasteiger partial charge in [0.25, 0.3) is 5.69 Å². The van der Waals surface area contributed by atoms with Crippen LogP contribution in [0.5, 0.6) is 11.5 Å². The van der Waals surface area contributed by atoms with Crippen molar-refractivity contribution in [2.45, 2.75) is 18.9 Å². The zero-order chi connectivity index (χ0) is 16.5. The molecule has 0 unspecified atom stereocenters. The quantitative estimate of drug-likeness (QED) is 0.488. The number of hydrogen-bond acceptors (Lipinski definition) is 7. The molecule has 0 saturated heterocycles. The Hall–Kier alpha value is -2.20. The summed E-state index contributed by atoms with van der Waals surface area (Å²) in [5.74, 6) is -5.90. The van der Waals surface area contributed by atoms with Gasteiger partial charge in [-0.2, -0.15) is 8.78 Å². The van der Waals surface area contributed by atoms with Gasteiger partial charge in [0.05, 0.1) is 23.2 Å². The lowest BCUT2D eigenvalue weighted by molar-refractivity contribution is -0.386. The highest BCUT2D eigenvalue weighted by atomic mass is 35.5. The summed E-state index contributed by atoms with van der Waals surface area (Å²) in [6.07, 6.45) is 0. The standard InChI is InChI=1S/C12H12F2N2O6.ClH/c1-2-20-11(17)12(13,14)10(15)6-3-8-9(22-5-21-8)4-7(6)16(18)19;/h3-4,10H,2,5,15H2,1H3;1H/t10-;/m0./s1. The fraction of sp³-hybridized carbons (Fsp3) is 0.417. The van der Waals surface area contributed by atoms with Gasteiger partial charge in [-0.1, -0.05) is 0 Å². The van der Waals surface area contributed by atoms with Crippen LogP contribution in [0.4, 0.5) is 14.5 Å². The van der Waals surface area contributed by atoms with Crippen LogP contribution < -0.4 is 15.2 Å². The number of esters is 1. The molecule has 0 bridgehead atoms. The molecule has 1 aromatic rings. The van der Waals surface area contributed by atoms with Crippen molar-refractivity contribution in [1.82, 2.24) is 0 Å². The number of carbonyl (C=O) groups excluding carboxylic acids is 1. The minimum atomic E-state index is -4.13. The summed E-state index contributed by atoms with van der Waals surface area (Å²) in [4.78, 5) is 21.5. The largest absolute Gasteiger partial charge is 0.462 e. The van der Waals surface area contributed by atoms with Crippen LogP contribution in [-0.4, -0.2) is 30.2 Å². The van der Waals surface area contributed by atoms with Gasteiger partial charge in [-0.15, -0.1) is 12.4 Å². The third-order valence-corrected chi connectivity index (χ3v) is 2.99. The number of benzene rings is 1. The Morgan fingerprint density at radius 2 is 2.04 bits per heavy atom. The first-order valence-electron chi connectivity index (χ1n) is 6.17. The van der Waals surface area contributed by atoms with Gasteiger partial charge in [0.2, 0.25) is 6.79 Å². The molecule has 23 heavy (non-hydrogen) atoms. The first-order chi connectivity index (χ1) is 10.3. The minimum Gasteiger partial charge on any atom is -0.462 e. The van der Waals surface area contributed by atoms with E-state index in [2.05, 4.69) is 4.74 Å². The van der Waals surface area contributed by atoms with Gasteiger partial charge in [-0.25, -0.2) is 4.79 Å². The number of nitrogens with two attached hydrogens (primary N) is 1. The van der Waals surface area contributed by atoms with Crippen LogP contribution in [-0.2, 0) is 9.53 Å². The van der Waals surface area contributed by atoms with E-state index in [1.807, 2.05) is 0 Å². The number of carbonyl (C=O) groups is 1. The van der Waals surface area contributed by atoms with Crippen LogP contribution in [0.1, 0.15) is 18.5 Å². The Balaban J connectivity index is 0.00000264. The molecule has 0 saturated carbocycles. The predicted molar refractivity (Wildman–Crippen MR) is 75.0 cm³/mol. The summed E-state index contributed by atoms with van der Waals surface area (Å²) in [5.41, 5.74) is 4.14. The topological polar surface area (TPSA) is 114 Å². The molecule has 2 rings (SSSR count). The maximum Gasteiger partial charge on any atom is 0.379 e. The monoisotopic (exact) mass is 354 g/mol. The first-order valence-corrected chi connectivity index (χ1v) is 6.17. The number of halogens is 3. The second-order valence-electron chi connectivity index (χ2n) is 4.34. The summed E-state index contributed by atoms with van der Waals surface area (Å²) in [5, 5.41) is 11.0. The molecular formula is C12H13ClF2N2O6. The molecule has 2 N–H and O–H groups in total. The molecule has 128 valence electrons. The molecule has 1 atom stereocenters. The number of nitro groups is 1. The Morgan fingerprint density at radius 3 is 2.57 bits per heavy atom. The fourth-order valence-electron chi connectivity index (χ4n) is 1.90. The average Bonchev–Trinajstić information content (AvgIpc) is 2.92. The lowest BCUT2D eigenvalue weighted by Gasteiger charge is -2.21. The molecule has 11 heteroatoms. The maximum atomic E-state index is 14.0. The van der Waals surface area contributed by atoms with Crippen LogP contribution in [0.15, 0.2) is 12.1 Å². The van der Waals surface area contributed by atoms with E-state index in [0.717, 1.165) is 12.1 Å². The third kappa shape index (κ3) is 3.42. The molecule has 1 aliphatic heterocycles. The van der Waals surface area contributed by atoms with Crippen molar-refractivity contribution < 1.29 is 32.7 Å². The molecular weight excluding hydrogens is 342 g/mol. The van der Waals surface area contributed by atoms with Crippen LogP contribution in [0.3, 0.4) is 0 Å². The molecule has 1 aromatic carbocycles. The number of ether oxygens (including phenoxy) is 3. The van der Waals surface area contributed by atoms with Crippen molar-refractivity contribution in [3.05, 3.63) is 27.8 Å². The molecule has 1 aliphatic rings. The van der Waals surface area contributed by atoms with Crippen molar-refractivity contribution >= 4 is 24.1 Å². The van der Waals surface area contributed by atoms with Crippen LogP contribution in [0, 0.1) is 10.1 Å². The lowest BCUT2D eigenvalue weighted by Crippen LogP contribution is -2.42. The highest BCUT2D eigenvalue weighted by Crippen LogP contribution is 2.43. The van der Waals surface area contributed by atoms with E-state index in [4.69, 9.17) is 15.2 Å². The number of nitro benzene ring substituents is 1. The highest BCUT2D eigenvalue weighted by molar-refractivity contribution is 5.85. The Morgan fingerprint density at radius 1 is 1.48 bits per heavy atom. The maximum absolute atomic E-state index is 14.0. The van der Waals surface area contributed by atoms with E-state index >= 15 is 0 Å². The van der Waals surface area contributed by atoms with Gasteiger partial charge in [-0.3, -0.25) is 10.1 Å². The smallest absolute Gasteiger partial charge is 0.379 e. The number of fused-ring (bicyclic) bond motifs is 1. The lowest BCUT2D eigenvalue weighted by atomic mass is 9.99. The molecule has 0 aromatic heterocycles. The van der Waals surface area contributed by atoms with Gasteiger partial charge in [-0.05, 0) is 13.0 Å². The zero-order valence-electron chi connectivity index (χ0n) is 11.8. The van der Waals surface area contributed by atoms with Crippen LogP contribution in [0.2, 0.25) is 0 Å². The van der Waals surface area contributed by atoms with Gasteiger partial charge >= 0.3 is 11.9 Å². The van der Waals surface area contributed by atoms with E-state index in [-0.39, 0.29) is 37.3 Å². The minimum absolute atomic E-state index is 0. The first kappa shape index (κ1) is 18.8. The van der Waals surface area contributed by atoms with Gasteiger partial charge in [0.1, 0.15) is 6.04 Å². The average molecular weight is 355 g/mol. The van der Waals surface area contributed by atoms with E-state index in [1.165, 1.54) is 6.92 Å². The summed E-state index contributed by atoms with van der Waals surface area (Å²) in [7, 11) is 0. The zero-order valence-corrected chi connectivity index (χ0v) is 12.6. The summed E-state index contributed by atoms with van der Waals surface area (Å²) < 4.78 is 42.1. The number of rotatable bonds is 5. The van der Waals surface area contributed by atoms with Crippen molar-refractivity contribution in [1.29, 1.82) is 0 Å². The number of alkyl halides is 2. The van der Waals surface area contributed by atoms with Crippen molar-refractivity contribution in [3.8, 4) is 11.5 Å². The van der Waals surface area contributed by atoms with Crippen molar-refractivity contribution in [2.75, 3.05) is 13.4 Å². The molecule has 8 nitrogen and oxygen atoms in total. The summed E-state index contributed by atoms with van der Waals surface area (Å²) >= 11 is 0. The third-order valence-electron chi connectivity index (χ3n) is 2.99. The van der Waals surface area contributed by atoms with Crippen LogP contribution in [0.25, 0.3) is 0 Å².